The number of rotatable bonds is 5. The van der Waals surface area contributed by atoms with Crippen LogP contribution in [-0.2, 0) is 18.4 Å². The molecule has 2 aromatic rings. The summed E-state index contributed by atoms with van der Waals surface area (Å²) in [5, 5.41) is 10.7. The summed E-state index contributed by atoms with van der Waals surface area (Å²) in [4.78, 5) is 18.5. The Bertz CT molecular complexity index is 830. The Morgan fingerprint density at radius 2 is 2.03 bits per heavy atom. The zero-order valence-corrected chi connectivity index (χ0v) is 19.9. The molecule has 3 rings (SSSR count). The molecule has 0 saturated carbocycles. The second kappa shape index (κ2) is 10.6. The van der Waals surface area contributed by atoms with Crippen LogP contribution < -0.4 is 10.6 Å². The van der Waals surface area contributed by atoms with Crippen LogP contribution in [0, 0.1) is 5.92 Å². The van der Waals surface area contributed by atoms with Crippen LogP contribution in [0.2, 0.25) is 0 Å². The largest absolute Gasteiger partial charge is 0.352 e. The number of amides is 1. The molecule has 2 heterocycles. The first-order chi connectivity index (χ1) is 13.5. The van der Waals surface area contributed by atoms with Crippen molar-refractivity contribution in [3.05, 3.63) is 47.8 Å². The minimum atomic E-state index is -0.0272. The molecule has 1 unspecified atom stereocenters. The molecule has 0 bridgehead atoms. The van der Waals surface area contributed by atoms with E-state index in [1.54, 1.807) is 0 Å². The fourth-order valence-electron chi connectivity index (χ4n) is 3.38. The van der Waals surface area contributed by atoms with E-state index in [9.17, 15) is 4.79 Å². The van der Waals surface area contributed by atoms with Gasteiger partial charge in [-0.15, -0.1) is 24.0 Å². The lowest BCUT2D eigenvalue weighted by atomic mass is 10.0. The molecule has 1 atom stereocenters. The number of aromatic nitrogens is 2. The van der Waals surface area contributed by atoms with E-state index < -0.39 is 0 Å². The first-order valence-electron chi connectivity index (χ1n) is 9.80. The van der Waals surface area contributed by atoms with Crippen molar-refractivity contribution < 1.29 is 4.79 Å². The van der Waals surface area contributed by atoms with Gasteiger partial charge in [-0.2, -0.15) is 5.10 Å². The number of guanidine groups is 1. The van der Waals surface area contributed by atoms with Crippen molar-refractivity contribution in [1.82, 2.24) is 20.0 Å². The number of halogens is 1. The van der Waals surface area contributed by atoms with E-state index in [2.05, 4.69) is 31.8 Å². The molecule has 0 aliphatic carbocycles. The molecule has 1 aromatic carbocycles. The predicted octanol–water partition coefficient (Wildman–Crippen LogP) is 3.20. The van der Waals surface area contributed by atoms with E-state index >= 15 is 0 Å². The molecular weight excluding hydrogens is 479 g/mol. The molecular formula is C21H31IN6O. The van der Waals surface area contributed by atoms with Crippen molar-refractivity contribution in [2.24, 2.45) is 18.0 Å². The maximum absolute atomic E-state index is 11.8. The summed E-state index contributed by atoms with van der Waals surface area (Å²) >= 11 is 0. The molecule has 1 fully saturated rings. The van der Waals surface area contributed by atoms with Gasteiger partial charge in [0.15, 0.2) is 5.96 Å². The van der Waals surface area contributed by atoms with Crippen molar-refractivity contribution in [3.63, 3.8) is 0 Å². The minimum absolute atomic E-state index is 0. The standard InChI is InChI=1S/C21H30N6O.HI/c1-15(2)20(28)25-19-7-5-16(6-8-19)11-23-21(22-3)27-10-9-17(14-27)18-12-24-26(4)13-18;/h5-8,12-13,15,17H,9-11,14H2,1-4H3,(H,22,23)(H,25,28);1H. The van der Waals surface area contributed by atoms with Crippen LogP contribution in [0.15, 0.2) is 41.7 Å². The first kappa shape index (κ1) is 23.2. The normalized spacial score (nSPS) is 16.7. The van der Waals surface area contributed by atoms with Crippen LogP contribution in [-0.4, -0.2) is 46.7 Å². The van der Waals surface area contributed by atoms with E-state index in [-0.39, 0.29) is 35.8 Å². The van der Waals surface area contributed by atoms with Gasteiger partial charge in [-0.25, -0.2) is 0 Å². The molecule has 1 aliphatic rings. The minimum Gasteiger partial charge on any atom is -0.352 e. The SMILES string of the molecule is CN=C(NCc1ccc(NC(=O)C(C)C)cc1)N1CCC(c2cnn(C)c2)C1.I. The number of hydrogen-bond acceptors (Lipinski definition) is 3. The average Bonchev–Trinajstić information content (AvgIpc) is 3.32. The highest BCUT2D eigenvalue weighted by atomic mass is 127. The summed E-state index contributed by atoms with van der Waals surface area (Å²) < 4.78 is 1.86. The van der Waals surface area contributed by atoms with Crippen molar-refractivity contribution in [1.29, 1.82) is 0 Å². The smallest absolute Gasteiger partial charge is 0.226 e. The fourth-order valence-corrected chi connectivity index (χ4v) is 3.38. The van der Waals surface area contributed by atoms with E-state index in [0.717, 1.165) is 36.7 Å². The van der Waals surface area contributed by atoms with Gasteiger partial charge >= 0.3 is 0 Å². The zero-order valence-electron chi connectivity index (χ0n) is 17.6. The maximum Gasteiger partial charge on any atom is 0.226 e. The molecule has 0 spiro atoms. The quantitative estimate of drug-likeness (QED) is 0.368. The van der Waals surface area contributed by atoms with E-state index in [1.165, 1.54) is 5.56 Å². The van der Waals surface area contributed by atoms with Crippen LogP contribution in [0.3, 0.4) is 0 Å². The lowest BCUT2D eigenvalue weighted by molar-refractivity contribution is -0.118. The number of benzene rings is 1. The molecule has 29 heavy (non-hydrogen) atoms. The third-order valence-electron chi connectivity index (χ3n) is 5.09. The lowest BCUT2D eigenvalue weighted by Gasteiger charge is -2.21. The average molecular weight is 510 g/mol. The number of anilines is 1. The van der Waals surface area contributed by atoms with Gasteiger partial charge in [0.2, 0.25) is 5.91 Å². The summed E-state index contributed by atoms with van der Waals surface area (Å²) in [6.45, 7) is 6.40. The van der Waals surface area contributed by atoms with Gasteiger partial charge in [-0.1, -0.05) is 26.0 Å². The van der Waals surface area contributed by atoms with E-state index in [0.29, 0.717) is 12.5 Å². The van der Waals surface area contributed by atoms with Crippen molar-refractivity contribution >= 4 is 41.5 Å². The molecule has 1 amide bonds. The summed E-state index contributed by atoms with van der Waals surface area (Å²) in [6.07, 6.45) is 5.17. The monoisotopic (exact) mass is 510 g/mol. The Kier molecular flexibility index (Phi) is 8.48. The number of aliphatic imine (C=N–C) groups is 1. The number of aryl methyl sites for hydroxylation is 1. The van der Waals surface area contributed by atoms with Gasteiger partial charge in [0.05, 0.1) is 6.20 Å². The topological polar surface area (TPSA) is 74.6 Å². The Morgan fingerprint density at radius 3 is 2.62 bits per heavy atom. The summed E-state index contributed by atoms with van der Waals surface area (Å²) in [7, 11) is 3.78. The Balaban J connectivity index is 0.00000300. The van der Waals surface area contributed by atoms with Crippen LogP contribution in [0.25, 0.3) is 0 Å². The maximum atomic E-state index is 11.8. The second-order valence-electron chi connectivity index (χ2n) is 7.62. The molecule has 2 N–H and O–H groups in total. The van der Waals surface area contributed by atoms with Gasteiger partial charge in [0, 0.05) is 57.4 Å². The highest BCUT2D eigenvalue weighted by Gasteiger charge is 2.26. The molecule has 1 aliphatic heterocycles. The molecule has 0 radical (unpaired) electrons. The van der Waals surface area contributed by atoms with Crippen molar-refractivity contribution in [2.75, 3.05) is 25.5 Å². The van der Waals surface area contributed by atoms with Crippen LogP contribution in [0.4, 0.5) is 5.69 Å². The Hall–Kier alpha value is -2.10. The Labute approximate surface area is 190 Å². The van der Waals surface area contributed by atoms with Crippen LogP contribution >= 0.6 is 24.0 Å². The van der Waals surface area contributed by atoms with E-state index in [1.807, 2.05) is 63.1 Å². The molecule has 158 valence electrons. The molecule has 7 nitrogen and oxygen atoms in total. The third kappa shape index (κ3) is 6.19. The Morgan fingerprint density at radius 1 is 1.31 bits per heavy atom. The van der Waals surface area contributed by atoms with Gasteiger partial charge in [0.1, 0.15) is 0 Å². The van der Waals surface area contributed by atoms with Crippen LogP contribution in [0.1, 0.15) is 37.3 Å². The van der Waals surface area contributed by atoms with Gasteiger partial charge in [-0.05, 0) is 29.7 Å². The molecule has 1 aromatic heterocycles. The van der Waals surface area contributed by atoms with E-state index in [4.69, 9.17) is 0 Å². The van der Waals surface area contributed by atoms with Crippen LogP contribution in [0.5, 0.6) is 0 Å². The fraction of sp³-hybridized carbons (Fsp3) is 0.476. The lowest BCUT2D eigenvalue weighted by Crippen LogP contribution is -2.39. The zero-order chi connectivity index (χ0) is 20.1. The number of carbonyl (C=O) groups is 1. The second-order valence-corrected chi connectivity index (χ2v) is 7.62. The number of hydrogen-bond donors (Lipinski definition) is 2. The number of nitrogens with one attached hydrogen (secondary N) is 2. The van der Waals surface area contributed by atoms with Crippen molar-refractivity contribution in [2.45, 2.75) is 32.7 Å². The summed E-state index contributed by atoms with van der Waals surface area (Å²) in [6, 6.07) is 7.93. The van der Waals surface area contributed by atoms with Gasteiger partial charge < -0.3 is 15.5 Å². The highest BCUT2D eigenvalue weighted by molar-refractivity contribution is 14.0. The summed E-state index contributed by atoms with van der Waals surface area (Å²) in [5.41, 5.74) is 3.26. The number of likely N-dealkylation sites (tertiary alicyclic amines) is 1. The van der Waals surface area contributed by atoms with Crippen molar-refractivity contribution in [3.8, 4) is 0 Å². The highest BCUT2D eigenvalue weighted by Crippen LogP contribution is 2.26. The third-order valence-corrected chi connectivity index (χ3v) is 5.09. The number of carbonyl (C=O) groups excluding carboxylic acids is 1. The first-order valence-corrected chi connectivity index (χ1v) is 9.80. The summed E-state index contributed by atoms with van der Waals surface area (Å²) in [5.74, 6) is 1.42. The predicted molar refractivity (Wildman–Crippen MR) is 128 cm³/mol. The molecule has 8 heteroatoms. The van der Waals surface area contributed by atoms with Gasteiger partial charge in [0.25, 0.3) is 0 Å². The number of nitrogens with zero attached hydrogens (tertiary/aromatic N) is 4. The van der Waals surface area contributed by atoms with Gasteiger partial charge in [-0.3, -0.25) is 14.5 Å². The molecule has 1 saturated heterocycles.